The quantitative estimate of drug-likeness (QED) is 0.267. The molecule has 0 bridgehead atoms. The van der Waals surface area contributed by atoms with Crippen molar-refractivity contribution in [3.05, 3.63) is 0 Å². The van der Waals surface area contributed by atoms with Gasteiger partial charge in [0.15, 0.2) is 12.4 Å². The summed E-state index contributed by atoms with van der Waals surface area (Å²) >= 11 is 0. The maximum absolute atomic E-state index is 7.10. The van der Waals surface area contributed by atoms with E-state index in [0.29, 0.717) is 0 Å². The summed E-state index contributed by atoms with van der Waals surface area (Å²) in [4.78, 5) is 0. The number of nitriles is 2. The van der Waals surface area contributed by atoms with E-state index in [0.717, 1.165) is 19.6 Å². The Kier molecular flexibility index (Phi) is 23.2. The molecule has 0 aromatic heterocycles. The summed E-state index contributed by atoms with van der Waals surface area (Å²) in [6.45, 7) is 17.3. The minimum atomic E-state index is -1.98. The van der Waals surface area contributed by atoms with Crippen molar-refractivity contribution in [1.82, 2.24) is 18.7 Å². The number of nitrogens with two attached hydrogens (primary N) is 2. The zero-order valence-electron chi connectivity index (χ0n) is 19.7. The molecule has 0 unspecified atom stereocenters. The van der Waals surface area contributed by atoms with Crippen molar-refractivity contribution < 1.29 is 0 Å². The Labute approximate surface area is 175 Å². The Morgan fingerprint density at radius 1 is 0.679 bits per heavy atom. The summed E-state index contributed by atoms with van der Waals surface area (Å²) in [5.41, 5.74) is 8.31. The molecule has 8 nitrogen and oxygen atoms in total. The van der Waals surface area contributed by atoms with Gasteiger partial charge in [0.25, 0.3) is 0 Å². The first kappa shape index (κ1) is 31.5. The Hall–Kier alpha value is -1.15. The maximum atomic E-state index is 7.10. The van der Waals surface area contributed by atoms with Crippen LogP contribution in [0.15, 0.2) is 0 Å². The summed E-state index contributed by atoms with van der Waals surface area (Å²) in [5, 5.41) is 14.2. The second-order valence-corrected chi connectivity index (χ2v) is 10.7. The Morgan fingerprint density at radius 2 is 0.929 bits per heavy atom. The summed E-state index contributed by atoms with van der Waals surface area (Å²) in [5.74, 6) is 0. The van der Waals surface area contributed by atoms with Crippen molar-refractivity contribution in [3.8, 4) is 12.4 Å². The monoisotopic (exact) mass is 418 g/mol. The largest absolute Gasteiger partial charge is 0.337 e. The third-order valence-electron chi connectivity index (χ3n) is 4.95. The van der Waals surface area contributed by atoms with Crippen molar-refractivity contribution in [2.75, 3.05) is 53.9 Å². The third kappa shape index (κ3) is 10.4. The molecule has 0 heterocycles. The molecule has 4 N–H and O–H groups in total. The third-order valence-corrected chi connectivity index (χ3v) is 10.3. The van der Waals surface area contributed by atoms with Gasteiger partial charge in [-0.05, 0) is 0 Å². The molecular weight excluding hydrogens is 371 g/mol. The molecule has 0 amide bonds. The van der Waals surface area contributed by atoms with Crippen molar-refractivity contribution in [2.45, 2.75) is 60.3 Å². The summed E-state index contributed by atoms with van der Waals surface area (Å²) < 4.78 is 10.8. The van der Waals surface area contributed by atoms with Crippen LogP contribution in [0.3, 0.4) is 0 Å². The van der Waals surface area contributed by atoms with E-state index >= 15 is 0 Å². The first-order valence-corrected chi connectivity index (χ1v) is 12.2. The van der Waals surface area contributed by atoms with E-state index in [1.54, 1.807) is 0 Å². The molecule has 168 valence electrons. The average Bonchev–Trinajstić information content (AvgIpc) is 2.69. The number of hydrogen-bond donors (Lipinski definition) is 2. The van der Waals surface area contributed by atoms with Crippen LogP contribution in [0, 0.1) is 22.9 Å². The molecule has 0 atom stereocenters. The van der Waals surface area contributed by atoms with Crippen LogP contribution in [0.2, 0.25) is 0 Å². The second-order valence-electron chi connectivity index (χ2n) is 6.59. The van der Waals surface area contributed by atoms with Gasteiger partial charge in [0.1, 0.15) is 0 Å². The van der Waals surface area contributed by atoms with Gasteiger partial charge in [-0.3, -0.25) is 0 Å². The van der Waals surface area contributed by atoms with Crippen LogP contribution in [0.5, 0.6) is 0 Å². The van der Waals surface area contributed by atoms with Gasteiger partial charge in [-0.15, -0.1) is 0 Å². The standard InChI is InChI=1S/C17H43N4P.2CH2N2/c1-9-14-16-21(17-15-10-2)22(18(6)11-3,19(7)12-4)20(8)13-5;2*2-1-3/h22H,9-17H2,1-8H3;2*2H2. The van der Waals surface area contributed by atoms with E-state index in [1.165, 1.54) is 51.2 Å². The second kappa shape index (κ2) is 20.6. The predicted octanol–water partition coefficient (Wildman–Crippen LogP) is 3.01. The van der Waals surface area contributed by atoms with Gasteiger partial charge in [0.05, 0.1) is 0 Å². The smallest absolute Gasteiger partial charge is 0.173 e. The van der Waals surface area contributed by atoms with Crippen LogP contribution in [-0.2, 0) is 0 Å². The van der Waals surface area contributed by atoms with Gasteiger partial charge in [-0.2, -0.15) is 10.5 Å². The zero-order chi connectivity index (χ0) is 22.6. The number of nitrogens with zero attached hydrogens (tertiary/aromatic N) is 6. The van der Waals surface area contributed by atoms with E-state index in [-0.39, 0.29) is 0 Å². The van der Waals surface area contributed by atoms with Crippen LogP contribution in [0.1, 0.15) is 60.3 Å². The molecule has 28 heavy (non-hydrogen) atoms. The zero-order valence-corrected chi connectivity index (χ0v) is 20.7. The van der Waals surface area contributed by atoms with Crippen molar-refractivity contribution in [2.24, 2.45) is 11.5 Å². The molecule has 0 rings (SSSR count). The van der Waals surface area contributed by atoms with Gasteiger partial charge in [-0.1, -0.05) is 0 Å². The van der Waals surface area contributed by atoms with E-state index in [2.05, 4.69) is 85.9 Å². The summed E-state index contributed by atoms with van der Waals surface area (Å²) in [6, 6.07) is 0. The summed E-state index contributed by atoms with van der Waals surface area (Å²) in [7, 11) is 5.01. The van der Waals surface area contributed by atoms with Crippen molar-refractivity contribution in [3.63, 3.8) is 0 Å². The van der Waals surface area contributed by atoms with Gasteiger partial charge >= 0.3 is 141 Å². The molecule has 0 fully saturated rings. The molecule has 0 aliphatic carbocycles. The molecule has 0 spiro atoms. The van der Waals surface area contributed by atoms with Gasteiger partial charge < -0.3 is 11.5 Å². The first-order valence-electron chi connectivity index (χ1n) is 10.4. The fourth-order valence-corrected chi connectivity index (χ4v) is 8.73. The molecule has 0 saturated carbocycles. The van der Waals surface area contributed by atoms with E-state index in [1.807, 2.05) is 0 Å². The van der Waals surface area contributed by atoms with Crippen LogP contribution >= 0.6 is 7.87 Å². The summed E-state index contributed by atoms with van der Waals surface area (Å²) in [6.07, 6.45) is 7.64. The Bertz CT molecular complexity index is 375. The SMILES string of the molecule is CCCCN(CCCC)[PH](N(C)CC)(N(C)CC)N(C)CC.N#CN.N#CN. The Morgan fingerprint density at radius 3 is 1.11 bits per heavy atom. The molecule has 0 aliphatic heterocycles. The van der Waals surface area contributed by atoms with Gasteiger partial charge in [-0.25, -0.2) is 0 Å². The first-order chi connectivity index (χ1) is 13.3. The van der Waals surface area contributed by atoms with Crippen molar-refractivity contribution >= 4 is 7.87 Å². The minimum Gasteiger partial charge on any atom is -0.337 e. The van der Waals surface area contributed by atoms with E-state index < -0.39 is 7.87 Å². The number of unbranched alkanes of at least 4 members (excludes halogenated alkanes) is 2. The van der Waals surface area contributed by atoms with Gasteiger partial charge in [0.2, 0.25) is 0 Å². The molecule has 9 heteroatoms. The van der Waals surface area contributed by atoms with Gasteiger partial charge in [0, 0.05) is 0 Å². The molecule has 0 radical (unpaired) electrons. The molecular formula is C19H47N8P. The van der Waals surface area contributed by atoms with Crippen LogP contribution in [-0.4, -0.2) is 72.5 Å². The van der Waals surface area contributed by atoms with Crippen LogP contribution in [0.25, 0.3) is 0 Å². The predicted molar refractivity (Wildman–Crippen MR) is 124 cm³/mol. The topological polar surface area (TPSA) is 113 Å². The minimum absolute atomic E-state index is 1.11. The fourth-order valence-electron chi connectivity index (χ4n) is 3.34. The number of rotatable bonds is 13. The van der Waals surface area contributed by atoms with Crippen LogP contribution < -0.4 is 11.5 Å². The normalized spacial score (nSPS) is 11.4. The average molecular weight is 419 g/mol. The molecule has 0 aromatic rings. The molecule has 0 aromatic carbocycles. The Balaban J connectivity index is -0.000000915. The maximum Gasteiger partial charge on any atom is 0.173 e. The molecule has 0 aliphatic rings. The van der Waals surface area contributed by atoms with E-state index in [9.17, 15) is 0 Å². The number of hydrogen-bond acceptors (Lipinski definition) is 8. The van der Waals surface area contributed by atoms with E-state index in [4.69, 9.17) is 10.5 Å². The fraction of sp³-hybridized carbons (Fsp3) is 0.895. The van der Waals surface area contributed by atoms with Crippen LogP contribution in [0.4, 0.5) is 0 Å². The molecule has 0 saturated heterocycles. The van der Waals surface area contributed by atoms with Crippen molar-refractivity contribution in [1.29, 1.82) is 10.5 Å².